The minimum absolute atomic E-state index is 0.165. The Balaban J connectivity index is 1.64. The van der Waals surface area contributed by atoms with Gasteiger partial charge in [-0.25, -0.2) is 4.39 Å². The molecule has 4 heteroatoms. The lowest BCUT2D eigenvalue weighted by Gasteiger charge is -2.19. The number of ether oxygens (including phenoxy) is 2. The van der Waals surface area contributed by atoms with Gasteiger partial charge in [0.05, 0.1) is 13.2 Å². The lowest BCUT2D eigenvalue weighted by atomic mass is 10.0. The van der Waals surface area contributed by atoms with E-state index in [0.717, 1.165) is 26.0 Å². The van der Waals surface area contributed by atoms with Crippen LogP contribution in [0.25, 0.3) is 0 Å². The Kier molecular flexibility index (Phi) is 7.13. The van der Waals surface area contributed by atoms with Gasteiger partial charge >= 0.3 is 0 Å². The first-order valence-corrected chi connectivity index (χ1v) is 7.87. The smallest absolute Gasteiger partial charge is 0.123 e. The number of hydrogen-bond acceptors (Lipinski definition) is 3. The number of halogens is 1. The van der Waals surface area contributed by atoms with Gasteiger partial charge in [-0.1, -0.05) is 12.1 Å². The summed E-state index contributed by atoms with van der Waals surface area (Å²) in [5, 5.41) is 3.62. The standard InChI is InChI=1S/C17H26FNO2/c1-20-12-13-21-11-3-2-10-19-17(14-4-5-14)15-6-8-16(18)9-7-15/h6-9,14,17,19H,2-5,10-13H2,1H3. The Bertz CT molecular complexity index is 392. The molecule has 1 aromatic carbocycles. The van der Waals surface area contributed by atoms with Crippen LogP contribution in [-0.2, 0) is 9.47 Å². The molecule has 0 spiro atoms. The van der Waals surface area contributed by atoms with Crippen LogP contribution in [0.3, 0.4) is 0 Å². The van der Waals surface area contributed by atoms with Crippen LogP contribution < -0.4 is 5.32 Å². The second-order valence-electron chi connectivity index (χ2n) is 5.63. The summed E-state index contributed by atoms with van der Waals surface area (Å²) in [6.07, 6.45) is 4.69. The van der Waals surface area contributed by atoms with E-state index in [0.29, 0.717) is 25.2 Å². The van der Waals surface area contributed by atoms with Gasteiger partial charge < -0.3 is 14.8 Å². The predicted molar refractivity (Wildman–Crippen MR) is 81.8 cm³/mol. The van der Waals surface area contributed by atoms with Crippen LogP contribution in [0.15, 0.2) is 24.3 Å². The van der Waals surface area contributed by atoms with Crippen molar-refractivity contribution in [3.05, 3.63) is 35.6 Å². The van der Waals surface area contributed by atoms with E-state index < -0.39 is 0 Å². The van der Waals surface area contributed by atoms with Gasteiger partial charge in [-0.3, -0.25) is 0 Å². The summed E-state index contributed by atoms with van der Waals surface area (Å²) in [5.74, 6) is 0.551. The van der Waals surface area contributed by atoms with Crippen molar-refractivity contribution in [1.29, 1.82) is 0 Å². The molecule has 1 N–H and O–H groups in total. The molecule has 21 heavy (non-hydrogen) atoms. The normalized spacial score (nSPS) is 16.1. The third-order valence-corrected chi connectivity index (χ3v) is 3.83. The van der Waals surface area contributed by atoms with Gasteiger partial charge in [0.15, 0.2) is 0 Å². The summed E-state index contributed by atoms with van der Waals surface area (Å²) in [6.45, 7) is 3.10. The van der Waals surface area contributed by atoms with E-state index in [4.69, 9.17) is 9.47 Å². The van der Waals surface area contributed by atoms with Crippen LogP contribution in [0, 0.1) is 11.7 Å². The summed E-state index contributed by atoms with van der Waals surface area (Å²) < 4.78 is 23.4. The zero-order valence-electron chi connectivity index (χ0n) is 12.8. The molecular weight excluding hydrogens is 269 g/mol. The second-order valence-corrected chi connectivity index (χ2v) is 5.63. The van der Waals surface area contributed by atoms with Gasteiger partial charge in [0.1, 0.15) is 5.82 Å². The molecule has 1 aliphatic rings. The molecule has 3 nitrogen and oxygen atoms in total. The lowest BCUT2D eigenvalue weighted by Crippen LogP contribution is -2.24. The Hall–Kier alpha value is -0.970. The summed E-state index contributed by atoms with van der Waals surface area (Å²) in [7, 11) is 1.68. The lowest BCUT2D eigenvalue weighted by molar-refractivity contribution is 0.0687. The first-order chi connectivity index (χ1) is 10.3. The van der Waals surface area contributed by atoms with E-state index in [1.54, 1.807) is 19.2 Å². The Morgan fingerprint density at radius 1 is 1.14 bits per heavy atom. The average molecular weight is 295 g/mol. The molecule has 0 aliphatic heterocycles. The van der Waals surface area contributed by atoms with E-state index in [2.05, 4.69) is 5.32 Å². The van der Waals surface area contributed by atoms with Gasteiger partial charge in [-0.15, -0.1) is 0 Å². The zero-order valence-corrected chi connectivity index (χ0v) is 12.8. The molecule has 1 atom stereocenters. The van der Waals surface area contributed by atoms with Crippen molar-refractivity contribution >= 4 is 0 Å². The number of benzene rings is 1. The second kappa shape index (κ2) is 9.13. The molecule has 0 aromatic heterocycles. The number of rotatable bonds is 11. The summed E-state index contributed by atoms with van der Waals surface area (Å²) >= 11 is 0. The highest BCUT2D eigenvalue weighted by Gasteiger charge is 2.31. The van der Waals surface area contributed by atoms with E-state index in [1.807, 2.05) is 12.1 Å². The average Bonchev–Trinajstić information content (AvgIpc) is 3.32. The Labute approximate surface area is 126 Å². The monoisotopic (exact) mass is 295 g/mol. The predicted octanol–water partition coefficient (Wildman–Crippen LogP) is 3.31. The molecule has 118 valence electrons. The van der Waals surface area contributed by atoms with Crippen molar-refractivity contribution < 1.29 is 13.9 Å². The maximum absolute atomic E-state index is 13.0. The van der Waals surface area contributed by atoms with Gasteiger partial charge in [-0.05, 0) is 55.8 Å². The van der Waals surface area contributed by atoms with E-state index in [-0.39, 0.29) is 5.82 Å². The molecule has 0 radical (unpaired) electrons. The molecule has 2 rings (SSSR count). The van der Waals surface area contributed by atoms with Gasteiger partial charge in [-0.2, -0.15) is 0 Å². The number of methoxy groups -OCH3 is 1. The van der Waals surface area contributed by atoms with Crippen LogP contribution in [0.5, 0.6) is 0 Å². The Morgan fingerprint density at radius 3 is 2.57 bits per heavy atom. The first-order valence-electron chi connectivity index (χ1n) is 7.87. The highest BCUT2D eigenvalue weighted by atomic mass is 19.1. The van der Waals surface area contributed by atoms with Gasteiger partial charge in [0.25, 0.3) is 0 Å². The van der Waals surface area contributed by atoms with E-state index >= 15 is 0 Å². The molecule has 0 saturated heterocycles. The highest BCUT2D eigenvalue weighted by molar-refractivity contribution is 5.21. The Morgan fingerprint density at radius 2 is 1.90 bits per heavy atom. The summed E-state index contributed by atoms with van der Waals surface area (Å²) in [5.41, 5.74) is 1.20. The SMILES string of the molecule is COCCOCCCCNC(c1ccc(F)cc1)C1CC1. The topological polar surface area (TPSA) is 30.5 Å². The minimum atomic E-state index is -0.165. The number of nitrogens with one attached hydrogen (secondary N) is 1. The fraction of sp³-hybridized carbons (Fsp3) is 0.647. The van der Waals surface area contributed by atoms with Crippen molar-refractivity contribution in [2.45, 2.75) is 31.7 Å². The molecule has 1 unspecified atom stereocenters. The molecule has 0 bridgehead atoms. The first kappa shape index (κ1) is 16.4. The fourth-order valence-corrected chi connectivity index (χ4v) is 2.49. The van der Waals surface area contributed by atoms with Crippen LogP contribution in [0.2, 0.25) is 0 Å². The van der Waals surface area contributed by atoms with E-state index in [1.165, 1.54) is 18.4 Å². The third kappa shape index (κ3) is 6.12. The fourth-order valence-electron chi connectivity index (χ4n) is 2.49. The number of hydrogen-bond donors (Lipinski definition) is 1. The van der Waals surface area contributed by atoms with Crippen LogP contribution >= 0.6 is 0 Å². The van der Waals surface area contributed by atoms with Gasteiger partial charge in [0.2, 0.25) is 0 Å². The molecule has 0 amide bonds. The molecule has 1 aliphatic carbocycles. The molecule has 1 aromatic rings. The largest absolute Gasteiger partial charge is 0.382 e. The molecule has 1 fully saturated rings. The van der Waals surface area contributed by atoms with Crippen molar-refractivity contribution in [2.24, 2.45) is 5.92 Å². The van der Waals surface area contributed by atoms with Crippen molar-refractivity contribution in [1.82, 2.24) is 5.32 Å². The maximum atomic E-state index is 13.0. The van der Waals surface area contributed by atoms with E-state index in [9.17, 15) is 4.39 Å². The quantitative estimate of drug-likeness (QED) is 0.635. The minimum Gasteiger partial charge on any atom is -0.382 e. The van der Waals surface area contributed by atoms with Crippen LogP contribution in [0.4, 0.5) is 4.39 Å². The zero-order chi connectivity index (χ0) is 14.9. The molecular formula is C17H26FNO2. The third-order valence-electron chi connectivity index (χ3n) is 3.83. The maximum Gasteiger partial charge on any atom is 0.123 e. The van der Waals surface area contributed by atoms with Crippen molar-refractivity contribution in [3.8, 4) is 0 Å². The summed E-state index contributed by atoms with van der Waals surface area (Å²) in [6, 6.07) is 7.28. The van der Waals surface area contributed by atoms with Crippen molar-refractivity contribution in [2.75, 3.05) is 33.5 Å². The summed E-state index contributed by atoms with van der Waals surface area (Å²) in [4.78, 5) is 0. The van der Waals surface area contributed by atoms with Crippen LogP contribution in [0.1, 0.15) is 37.3 Å². The molecule has 1 saturated carbocycles. The number of unbranched alkanes of at least 4 members (excludes halogenated alkanes) is 1. The van der Waals surface area contributed by atoms with Gasteiger partial charge in [0, 0.05) is 19.8 Å². The molecule has 0 heterocycles. The van der Waals surface area contributed by atoms with Crippen molar-refractivity contribution in [3.63, 3.8) is 0 Å². The van der Waals surface area contributed by atoms with Crippen LogP contribution in [-0.4, -0.2) is 33.5 Å². The highest BCUT2D eigenvalue weighted by Crippen LogP contribution is 2.40.